The second-order valence-electron chi connectivity index (χ2n) is 7.48. The first-order valence-corrected chi connectivity index (χ1v) is 11.1. The highest BCUT2D eigenvalue weighted by atomic mass is 32.1. The molecule has 1 amide bonds. The summed E-state index contributed by atoms with van der Waals surface area (Å²) in [6.07, 6.45) is 1.80. The number of carbonyl (C=O) groups excluding carboxylic acids is 1. The molecule has 0 saturated heterocycles. The number of hydrogen-bond donors (Lipinski definition) is 3. The van der Waals surface area contributed by atoms with Crippen LogP contribution in [0.15, 0.2) is 72.2 Å². The number of benzene rings is 2. The number of rotatable bonds is 6. The van der Waals surface area contributed by atoms with Crippen molar-refractivity contribution in [2.75, 3.05) is 30.0 Å². The molecule has 4 rings (SSSR count). The van der Waals surface area contributed by atoms with Crippen LogP contribution in [0.3, 0.4) is 0 Å². The van der Waals surface area contributed by atoms with Gasteiger partial charge in [-0.2, -0.15) is 0 Å². The molecule has 0 fully saturated rings. The number of nitrogens with one attached hydrogen (secondary N) is 3. The molecule has 0 spiro atoms. The van der Waals surface area contributed by atoms with Gasteiger partial charge in [-0.05, 0) is 53.4 Å². The molecular weight excluding hydrogens is 434 g/mol. The Morgan fingerprint density at radius 3 is 2.48 bits per heavy atom. The van der Waals surface area contributed by atoms with Gasteiger partial charge < -0.3 is 21.0 Å². The lowest BCUT2D eigenvalue weighted by molar-refractivity contribution is -0.0195. The maximum atomic E-state index is 12.9. The molecule has 2 aromatic heterocycles. The number of carbonyl (C=O) groups is 1. The number of fused-ring (bicyclic) bond motifs is 1. The predicted molar refractivity (Wildman–Crippen MR) is 134 cm³/mol. The van der Waals surface area contributed by atoms with Gasteiger partial charge in [-0.25, -0.2) is 5.32 Å². The first kappa shape index (κ1) is 22.0. The van der Waals surface area contributed by atoms with Crippen molar-refractivity contribution in [3.05, 3.63) is 88.2 Å². The van der Waals surface area contributed by atoms with Gasteiger partial charge in [0.15, 0.2) is 0 Å². The van der Waals surface area contributed by atoms with Crippen LogP contribution in [0.4, 0.5) is 17.1 Å². The lowest BCUT2D eigenvalue weighted by Crippen LogP contribution is -2.30. The van der Waals surface area contributed by atoms with Crippen molar-refractivity contribution in [2.24, 2.45) is 0 Å². The Morgan fingerprint density at radius 2 is 1.76 bits per heavy atom. The molecule has 0 bridgehead atoms. The molecule has 0 atom stereocenters. The zero-order valence-electron chi connectivity index (χ0n) is 18.2. The number of amides is 1. The number of anilines is 3. The molecular formula is C24H23N7OS. The molecule has 9 heteroatoms. The zero-order chi connectivity index (χ0) is 23.2. The lowest BCUT2D eigenvalue weighted by atomic mass is 10.1. The van der Waals surface area contributed by atoms with Gasteiger partial charge in [0, 0.05) is 23.8 Å². The number of hydrogen-bond acceptors (Lipinski definition) is 4. The van der Waals surface area contributed by atoms with Gasteiger partial charge in [0.25, 0.3) is 5.91 Å². The summed E-state index contributed by atoms with van der Waals surface area (Å²) in [4.78, 5) is 22.8. The molecule has 0 radical (unpaired) electrons. The normalized spacial score (nSPS) is 10.4. The molecule has 0 unspecified atom stereocenters. The summed E-state index contributed by atoms with van der Waals surface area (Å²) in [5.74, 6) is 0.127. The second-order valence-corrected chi connectivity index (χ2v) is 8.39. The van der Waals surface area contributed by atoms with Crippen molar-refractivity contribution < 1.29 is 9.58 Å². The maximum absolute atomic E-state index is 12.9. The van der Waals surface area contributed by atoms with E-state index in [9.17, 15) is 4.79 Å². The van der Waals surface area contributed by atoms with Crippen LogP contribution in [-0.4, -0.2) is 40.6 Å². The van der Waals surface area contributed by atoms with Crippen LogP contribution in [0.5, 0.6) is 0 Å². The van der Waals surface area contributed by atoms with E-state index < -0.39 is 0 Å². The molecule has 4 aromatic rings. The SMILES string of the molecule is CN(C)C(=[N+]=[N-])Nc1ccc(NC(=O)c2sccc2NCc2ccnc3ccccc23)cc1. The van der Waals surface area contributed by atoms with Crippen LogP contribution in [0.1, 0.15) is 15.2 Å². The van der Waals surface area contributed by atoms with E-state index in [4.69, 9.17) is 5.53 Å². The molecule has 166 valence electrons. The van der Waals surface area contributed by atoms with Crippen LogP contribution in [0.2, 0.25) is 0 Å². The maximum Gasteiger partial charge on any atom is 0.430 e. The molecule has 33 heavy (non-hydrogen) atoms. The summed E-state index contributed by atoms with van der Waals surface area (Å²) in [7, 11) is 3.53. The minimum Gasteiger partial charge on any atom is -0.543 e. The molecule has 2 aromatic carbocycles. The van der Waals surface area contributed by atoms with E-state index in [1.807, 2.05) is 41.8 Å². The Hall–Kier alpha value is -4.20. The molecule has 2 heterocycles. The third-order valence-electron chi connectivity index (χ3n) is 5.00. The zero-order valence-corrected chi connectivity index (χ0v) is 19.1. The van der Waals surface area contributed by atoms with Crippen molar-refractivity contribution in [3.8, 4) is 0 Å². The fourth-order valence-electron chi connectivity index (χ4n) is 3.30. The van der Waals surface area contributed by atoms with Crippen molar-refractivity contribution in [3.63, 3.8) is 0 Å². The molecule has 0 saturated carbocycles. The fourth-order valence-corrected chi connectivity index (χ4v) is 4.07. The average Bonchev–Trinajstić information content (AvgIpc) is 3.31. The summed E-state index contributed by atoms with van der Waals surface area (Å²) >= 11 is 1.39. The van der Waals surface area contributed by atoms with Crippen molar-refractivity contribution >= 4 is 51.2 Å². The van der Waals surface area contributed by atoms with Gasteiger partial charge >= 0.3 is 5.96 Å². The van der Waals surface area contributed by atoms with E-state index >= 15 is 0 Å². The highest BCUT2D eigenvalue weighted by Gasteiger charge is 2.15. The number of guanidine groups is 1. The number of aromatic nitrogens is 1. The summed E-state index contributed by atoms with van der Waals surface area (Å²) in [6, 6.07) is 19.1. The number of pyridine rings is 1. The van der Waals surface area contributed by atoms with Gasteiger partial charge in [0.05, 0.1) is 25.3 Å². The number of nitrogens with zero attached hydrogens (tertiary/aromatic N) is 4. The smallest absolute Gasteiger partial charge is 0.430 e. The summed E-state index contributed by atoms with van der Waals surface area (Å²) < 4.78 is 0. The lowest BCUT2D eigenvalue weighted by Gasteiger charge is -2.11. The Labute approximate surface area is 195 Å². The molecule has 3 N–H and O–H groups in total. The molecule has 0 aliphatic carbocycles. The highest BCUT2D eigenvalue weighted by molar-refractivity contribution is 7.12. The Kier molecular flexibility index (Phi) is 6.64. The van der Waals surface area contributed by atoms with Crippen LogP contribution in [-0.2, 0) is 6.54 Å². The van der Waals surface area contributed by atoms with Gasteiger partial charge in [0.1, 0.15) is 10.6 Å². The first-order chi connectivity index (χ1) is 16.0. The summed E-state index contributed by atoms with van der Waals surface area (Å²) in [6.45, 7) is 0.584. The van der Waals surface area contributed by atoms with Gasteiger partial charge in [-0.1, -0.05) is 18.2 Å². The van der Waals surface area contributed by atoms with Crippen LogP contribution >= 0.6 is 11.3 Å². The molecule has 0 aliphatic heterocycles. The molecule has 8 nitrogen and oxygen atoms in total. The standard InChI is InChI=1S/C24H23N7OS/c1-31(2)24(30-25)29-18-9-7-17(8-10-18)28-23(32)22-21(12-14-33-22)27-15-16-11-13-26-20-6-4-3-5-19(16)20/h3-14,27,29H,15H2,1-2H3,(H,28,32). The fraction of sp³-hybridized carbons (Fsp3) is 0.125. The van der Waals surface area contributed by atoms with Crippen molar-refractivity contribution in [1.29, 1.82) is 0 Å². The monoisotopic (exact) mass is 457 g/mol. The Morgan fingerprint density at radius 1 is 1.03 bits per heavy atom. The van der Waals surface area contributed by atoms with Gasteiger partial charge in [-0.15, -0.1) is 11.3 Å². The van der Waals surface area contributed by atoms with E-state index in [-0.39, 0.29) is 5.91 Å². The predicted octanol–water partition coefficient (Wildman–Crippen LogP) is 4.72. The van der Waals surface area contributed by atoms with Crippen LogP contribution in [0, 0.1) is 0 Å². The van der Waals surface area contributed by atoms with Crippen LogP contribution in [0.25, 0.3) is 16.4 Å². The van der Waals surface area contributed by atoms with Crippen molar-refractivity contribution in [1.82, 2.24) is 9.88 Å². The number of thiophene rings is 1. The third-order valence-corrected chi connectivity index (χ3v) is 5.91. The second kappa shape index (κ2) is 9.95. The average molecular weight is 458 g/mol. The Bertz CT molecular complexity index is 1320. The van der Waals surface area contributed by atoms with Gasteiger partial charge in [-0.3, -0.25) is 14.7 Å². The minimum absolute atomic E-state index is 0.182. The van der Waals surface area contributed by atoms with Gasteiger partial charge in [0.2, 0.25) is 0 Å². The summed E-state index contributed by atoms with van der Waals surface area (Å²) in [5, 5.41) is 12.3. The minimum atomic E-state index is -0.182. The highest BCUT2D eigenvalue weighted by Crippen LogP contribution is 2.26. The first-order valence-electron chi connectivity index (χ1n) is 10.3. The topological polar surface area (TPSA) is 106 Å². The quantitative estimate of drug-likeness (QED) is 0.168. The third kappa shape index (κ3) is 5.17. The van der Waals surface area contributed by atoms with E-state index in [1.54, 1.807) is 49.5 Å². The Balaban J connectivity index is 1.42. The van der Waals surface area contributed by atoms with E-state index in [2.05, 4.69) is 25.7 Å². The van der Waals surface area contributed by atoms with Crippen LogP contribution < -0.4 is 16.0 Å². The largest absolute Gasteiger partial charge is 0.543 e. The van der Waals surface area contributed by atoms with E-state index in [0.717, 1.165) is 27.8 Å². The molecule has 0 aliphatic rings. The summed E-state index contributed by atoms with van der Waals surface area (Å²) in [5.41, 5.74) is 13.3. The van der Waals surface area contributed by atoms with E-state index in [1.165, 1.54) is 11.3 Å². The van der Waals surface area contributed by atoms with E-state index in [0.29, 0.717) is 23.1 Å². The van der Waals surface area contributed by atoms with Crippen molar-refractivity contribution in [2.45, 2.75) is 6.54 Å². The number of para-hydroxylation sites is 1.